The van der Waals surface area contributed by atoms with E-state index in [1.165, 1.54) is 0 Å². The van der Waals surface area contributed by atoms with Gasteiger partial charge in [-0.05, 0) is 62.8 Å². The van der Waals surface area contributed by atoms with E-state index in [0.717, 1.165) is 49.0 Å². The summed E-state index contributed by atoms with van der Waals surface area (Å²) >= 11 is 0. The van der Waals surface area contributed by atoms with E-state index in [0.29, 0.717) is 6.54 Å². The lowest BCUT2D eigenvalue weighted by Gasteiger charge is -2.31. The maximum absolute atomic E-state index is 12.8. The van der Waals surface area contributed by atoms with Gasteiger partial charge in [0.2, 0.25) is 11.8 Å². The first kappa shape index (κ1) is 18.7. The van der Waals surface area contributed by atoms with Crippen molar-refractivity contribution >= 4 is 23.2 Å². The molecule has 1 aromatic rings. The fourth-order valence-electron chi connectivity index (χ4n) is 3.24. The Labute approximate surface area is 156 Å². The fourth-order valence-corrected chi connectivity index (χ4v) is 3.24. The Morgan fingerprint density at radius 3 is 2.35 bits per heavy atom. The van der Waals surface area contributed by atoms with Gasteiger partial charge in [-0.25, -0.2) is 0 Å². The molecule has 26 heavy (non-hydrogen) atoms. The summed E-state index contributed by atoms with van der Waals surface area (Å²) in [6.45, 7) is 4.83. The van der Waals surface area contributed by atoms with Crippen molar-refractivity contribution < 1.29 is 9.59 Å². The van der Waals surface area contributed by atoms with Crippen LogP contribution >= 0.6 is 0 Å². The largest absolute Gasteiger partial charge is 0.377 e. The first-order valence-electron chi connectivity index (χ1n) is 9.82. The number of hydrogen-bond acceptors (Lipinski definition) is 3. The average molecular weight is 357 g/mol. The molecule has 0 heterocycles. The van der Waals surface area contributed by atoms with Crippen LogP contribution in [0.15, 0.2) is 18.2 Å². The third kappa shape index (κ3) is 4.37. The number of nitrogens with one attached hydrogen (secondary N) is 1. The van der Waals surface area contributed by atoms with Crippen LogP contribution in [0, 0.1) is 11.8 Å². The van der Waals surface area contributed by atoms with E-state index >= 15 is 0 Å². The summed E-state index contributed by atoms with van der Waals surface area (Å²) < 4.78 is 0. The average Bonchev–Trinajstić information content (AvgIpc) is 3.50. The molecule has 0 spiro atoms. The molecular weight excluding hydrogens is 326 g/mol. The summed E-state index contributed by atoms with van der Waals surface area (Å²) in [6, 6.07) is 6.23. The molecule has 2 aliphatic carbocycles. The number of carbonyl (C=O) groups is 2. The molecule has 2 aliphatic rings. The molecule has 142 valence electrons. The SMILES string of the molecule is CC[C@@H](C)N(Cc1cc(NC(=O)C2CC2)ccc1N(C)C)C(=O)C1CC1. The van der Waals surface area contributed by atoms with Crippen LogP contribution in [0.25, 0.3) is 0 Å². The Morgan fingerprint density at radius 1 is 1.15 bits per heavy atom. The number of rotatable bonds is 8. The highest BCUT2D eigenvalue weighted by Crippen LogP contribution is 2.34. The van der Waals surface area contributed by atoms with Gasteiger partial charge in [-0.1, -0.05) is 6.92 Å². The Balaban J connectivity index is 1.83. The monoisotopic (exact) mass is 357 g/mol. The third-order valence-corrected chi connectivity index (χ3v) is 5.45. The highest BCUT2D eigenvalue weighted by Gasteiger charge is 2.35. The van der Waals surface area contributed by atoms with Gasteiger partial charge in [-0.15, -0.1) is 0 Å². The van der Waals surface area contributed by atoms with Crippen LogP contribution in [-0.2, 0) is 16.1 Å². The van der Waals surface area contributed by atoms with Crippen LogP contribution in [0.1, 0.15) is 51.5 Å². The number of amides is 2. The molecule has 2 saturated carbocycles. The zero-order valence-corrected chi connectivity index (χ0v) is 16.4. The van der Waals surface area contributed by atoms with Crippen molar-refractivity contribution in [1.29, 1.82) is 0 Å². The van der Waals surface area contributed by atoms with Crippen molar-refractivity contribution in [2.45, 2.75) is 58.5 Å². The summed E-state index contributed by atoms with van der Waals surface area (Å²) in [5.74, 6) is 0.780. The predicted molar refractivity (Wildman–Crippen MR) is 105 cm³/mol. The molecule has 1 atom stereocenters. The number of anilines is 2. The maximum atomic E-state index is 12.8. The number of benzene rings is 1. The van der Waals surface area contributed by atoms with E-state index in [1.54, 1.807) is 0 Å². The van der Waals surface area contributed by atoms with Crippen molar-refractivity contribution in [2.24, 2.45) is 11.8 Å². The van der Waals surface area contributed by atoms with Gasteiger partial charge >= 0.3 is 0 Å². The Kier molecular flexibility index (Phi) is 5.54. The normalized spacial score (nSPS) is 17.5. The molecule has 0 unspecified atom stereocenters. The van der Waals surface area contributed by atoms with Crippen molar-refractivity contribution in [2.75, 3.05) is 24.3 Å². The summed E-state index contributed by atoms with van der Waals surface area (Å²) in [4.78, 5) is 29.0. The predicted octanol–water partition coefficient (Wildman–Crippen LogP) is 3.64. The van der Waals surface area contributed by atoms with Gasteiger partial charge in [0.1, 0.15) is 0 Å². The second-order valence-corrected chi connectivity index (χ2v) is 8.00. The van der Waals surface area contributed by atoms with Crippen LogP contribution in [-0.4, -0.2) is 36.9 Å². The highest BCUT2D eigenvalue weighted by atomic mass is 16.2. The van der Waals surface area contributed by atoms with Crippen molar-refractivity contribution in [3.63, 3.8) is 0 Å². The number of nitrogens with zero attached hydrogens (tertiary/aromatic N) is 2. The molecule has 0 aliphatic heterocycles. The van der Waals surface area contributed by atoms with Gasteiger partial charge in [0, 0.05) is 49.9 Å². The lowest BCUT2D eigenvalue weighted by atomic mass is 10.1. The maximum Gasteiger partial charge on any atom is 0.227 e. The summed E-state index contributed by atoms with van der Waals surface area (Å²) in [5, 5.41) is 3.03. The molecule has 2 amide bonds. The van der Waals surface area contributed by atoms with Gasteiger partial charge in [0.05, 0.1) is 0 Å². The second-order valence-electron chi connectivity index (χ2n) is 8.00. The van der Waals surface area contributed by atoms with Gasteiger partial charge in [0.15, 0.2) is 0 Å². The zero-order chi connectivity index (χ0) is 18.8. The standard InChI is InChI=1S/C21H31N3O2/c1-5-14(2)24(21(26)16-8-9-16)13-17-12-18(10-11-19(17)23(3)4)22-20(25)15-6-7-15/h10-12,14-16H,5-9,13H2,1-4H3,(H,22,25)/t14-/m1/s1. The van der Waals surface area contributed by atoms with Crippen LogP contribution in [0.3, 0.4) is 0 Å². The van der Waals surface area contributed by atoms with Gasteiger partial charge in [-0.2, -0.15) is 0 Å². The Bertz CT molecular complexity index is 678. The van der Waals surface area contributed by atoms with Crippen molar-refractivity contribution in [3.8, 4) is 0 Å². The molecule has 1 N–H and O–H groups in total. The molecule has 5 nitrogen and oxygen atoms in total. The quantitative estimate of drug-likeness (QED) is 0.773. The Hall–Kier alpha value is -2.04. The number of hydrogen-bond donors (Lipinski definition) is 1. The second kappa shape index (κ2) is 7.68. The lowest BCUT2D eigenvalue weighted by Crippen LogP contribution is -2.39. The topological polar surface area (TPSA) is 52.7 Å². The summed E-state index contributed by atoms with van der Waals surface area (Å²) in [5.41, 5.74) is 3.00. The smallest absolute Gasteiger partial charge is 0.227 e. The third-order valence-electron chi connectivity index (χ3n) is 5.45. The van der Waals surface area contributed by atoms with Crippen LogP contribution < -0.4 is 10.2 Å². The Morgan fingerprint density at radius 2 is 1.81 bits per heavy atom. The molecule has 3 rings (SSSR count). The minimum absolute atomic E-state index is 0.112. The van der Waals surface area contributed by atoms with Crippen LogP contribution in [0.4, 0.5) is 11.4 Å². The minimum atomic E-state index is 0.112. The molecule has 1 aromatic carbocycles. The summed E-state index contributed by atoms with van der Waals surface area (Å²) in [7, 11) is 4.02. The van der Waals surface area contributed by atoms with E-state index in [-0.39, 0.29) is 29.7 Å². The van der Waals surface area contributed by atoms with Crippen molar-refractivity contribution in [1.82, 2.24) is 4.90 Å². The van der Waals surface area contributed by atoms with E-state index in [9.17, 15) is 9.59 Å². The fraction of sp³-hybridized carbons (Fsp3) is 0.619. The van der Waals surface area contributed by atoms with E-state index in [1.807, 2.05) is 37.2 Å². The zero-order valence-electron chi connectivity index (χ0n) is 16.4. The molecular formula is C21H31N3O2. The van der Waals surface area contributed by atoms with E-state index < -0.39 is 0 Å². The molecule has 5 heteroatoms. The summed E-state index contributed by atoms with van der Waals surface area (Å²) in [6.07, 6.45) is 4.96. The first-order chi connectivity index (χ1) is 12.4. The van der Waals surface area contributed by atoms with Crippen LogP contribution in [0.2, 0.25) is 0 Å². The molecule has 0 radical (unpaired) electrons. The number of carbonyl (C=O) groups excluding carboxylic acids is 2. The van der Waals surface area contributed by atoms with E-state index in [2.05, 4.69) is 24.1 Å². The van der Waals surface area contributed by atoms with Crippen molar-refractivity contribution in [3.05, 3.63) is 23.8 Å². The van der Waals surface area contributed by atoms with E-state index in [4.69, 9.17) is 0 Å². The lowest BCUT2D eigenvalue weighted by molar-refractivity contribution is -0.135. The molecule has 2 fully saturated rings. The minimum Gasteiger partial charge on any atom is -0.377 e. The van der Waals surface area contributed by atoms with Gasteiger partial charge in [-0.3, -0.25) is 9.59 Å². The molecule has 0 bridgehead atoms. The van der Waals surface area contributed by atoms with Crippen LogP contribution in [0.5, 0.6) is 0 Å². The highest BCUT2D eigenvalue weighted by molar-refractivity contribution is 5.94. The van der Waals surface area contributed by atoms with Gasteiger partial charge in [0.25, 0.3) is 0 Å². The first-order valence-corrected chi connectivity index (χ1v) is 9.82. The molecule has 0 aromatic heterocycles. The van der Waals surface area contributed by atoms with Gasteiger partial charge < -0.3 is 15.1 Å². The molecule has 0 saturated heterocycles.